The molecule has 0 amide bonds. The molecule has 0 bridgehead atoms. The molecule has 21 heavy (non-hydrogen) atoms. The third-order valence-electron chi connectivity index (χ3n) is 3.18. The summed E-state index contributed by atoms with van der Waals surface area (Å²) in [7, 11) is -2.31. The fourth-order valence-electron chi connectivity index (χ4n) is 2.02. The number of carboxylic acid groups (broad SMARTS) is 1. The minimum atomic E-state index is -3.78. The van der Waals surface area contributed by atoms with Gasteiger partial charge in [0, 0.05) is 11.9 Å². The number of rotatable bonds is 4. The number of carbonyl (C=O) groups is 1. The predicted molar refractivity (Wildman–Crippen MR) is 82.8 cm³/mol. The molecule has 0 radical (unpaired) electrons. The molecule has 0 saturated heterocycles. The highest BCUT2D eigenvalue weighted by molar-refractivity contribution is 7.93. The van der Waals surface area contributed by atoms with E-state index in [9.17, 15) is 13.2 Å². The lowest BCUT2D eigenvalue weighted by Crippen LogP contribution is -2.27. The van der Waals surface area contributed by atoms with Gasteiger partial charge in [-0.2, -0.15) is 0 Å². The Kier molecular flexibility index (Phi) is 4.06. The van der Waals surface area contributed by atoms with E-state index in [2.05, 4.69) is 0 Å². The molecule has 1 aromatic carbocycles. The molecule has 1 heterocycles. The van der Waals surface area contributed by atoms with Gasteiger partial charge in [0.25, 0.3) is 10.0 Å². The first-order valence-corrected chi connectivity index (χ1v) is 8.39. The van der Waals surface area contributed by atoms with Gasteiger partial charge in [0.1, 0.15) is 9.77 Å². The van der Waals surface area contributed by atoms with Gasteiger partial charge in [-0.05, 0) is 31.5 Å². The van der Waals surface area contributed by atoms with Crippen LogP contribution in [0.1, 0.15) is 20.1 Å². The Labute approximate surface area is 127 Å². The standard InChI is InChI=1S/C14H15NO4S2/c1-9-6-4-5-7-11(9)15(3)21(18,19)13-8-12(14(16)17)20-10(13)2/h4-8H,1-3H3,(H,16,17). The van der Waals surface area contributed by atoms with Crippen molar-refractivity contribution in [3.05, 3.63) is 45.6 Å². The lowest BCUT2D eigenvalue weighted by atomic mass is 10.2. The Bertz CT molecular complexity index is 793. The molecule has 0 fully saturated rings. The maximum absolute atomic E-state index is 12.7. The topological polar surface area (TPSA) is 74.7 Å². The van der Waals surface area contributed by atoms with E-state index in [4.69, 9.17) is 5.11 Å². The van der Waals surface area contributed by atoms with E-state index in [1.807, 2.05) is 19.1 Å². The molecule has 112 valence electrons. The minimum absolute atomic E-state index is 0.0178. The molecule has 2 rings (SSSR count). The summed E-state index contributed by atoms with van der Waals surface area (Å²) in [4.78, 5) is 11.5. The van der Waals surface area contributed by atoms with Gasteiger partial charge in [0.05, 0.1) is 5.69 Å². The lowest BCUT2D eigenvalue weighted by molar-refractivity contribution is 0.0702. The molecule has 1 N–H and O–H groups in total. The van der Waals surface area contributed by atoms with Crippen molar-refractivity contribution in [2.45, 2.75) is 18.7 Å². The minimum Gasteiger partial charge on any atom is -0.477 e. The summed E-state index contributed by atoms with van der Waals surface area (Å²) in [5.41, 5.74) is 1.40. The molecule has 0 atom stereocenters. The largest absolute Gasteiger partial charge is 0.477 e. The molecule has 0 unspecified atom stereocenters. The van der Waals surface area contributed by atoms with Gasteiger partial charge in [0.2, 0.25) is 0 Å². The van der Waals surface area contributed by atoms with Crippen LogP contribution in [-0.4, -0.2) is 26.5 Å². The zero-order valence-corrected chi connectivity index (χ0v) is 13.5. The summed E-state index contributed by atoms with van der Waals surface area (Å²) in [6.07, 6.45) is 0. The maximum atomic E-state index is 12.7. The van der Waals surface area contributed by atoms with Crippen molar-refractivity contribution in [2.24, 2.45) is 0 Å². The number of sulfonamides is 1. The zero-order chi connectivity index (χ0) is 15.8. The van der Waals surface area contributed by atoms with E-state index in [0.29, 0.717) is 10.6 Å². The first-order valence-electron chi connectivity index (χ1n) is 6.13. The van der Waals surface area contributed by atoms with Crippen LogP contribution in [0, 0.1) is 13.8 Å². The van der Waals surface area contributed by atoms with Gasteiger partial charge >= 0.3 is 5.97 Å². The Hall–Kier alpha value is -1.86. The summed E-state index contributed by atoms with van der Waals surface area (Å²) in [6.45, 7) is 3.43. The Morgan fingerprint density at radius 2 is 1.86 bits per heavy atom. The smallest absolute Gasteiger partial charge is 0.345 e. The average Bonchev–Trinajstić information content (AvgIpc) is 2.81. The van der Waals surface area contributed by atoms with Gasteiger partial charge in [-0.15, -0.1) is 11.3 Å². The van der Waals surface area contributed by atoms with E-state index in [-0.39, 0.29) is 9.77 Å². The lowest BCUT2D eigenvalue weighted by Gasteiger charge is -2.21. The summed E-state index contributed by atoms with van der Waals surface area (Å²) in [5, 5.41) is 8.99. The Morgan fingerprint density at radius 3 is 2.38 bits per heavy atom. The molecule has 0 aliphatic heterocycles. The van der Waals surface area contributed by atoms with Crippen molar-refractivity contribution in [3.8, 4) is 0 Å². The Balaban J connectivity index is 2.52. The van der Waals surface area contributed by atoms with Crippen LogP contribution in [0.25, 0.3) is 0 Å². The van der Waals surface area contributed by atoms with Crippen LogP contribution < -0.4 is 4.31 Å². The summed E-state index contributed by atoms with van der Waals surface area (Å²) in [6, 6.07) is 8.35. The SMILES string of the molecule is Cc1ccccc1N(C)S(=O)(=O)c1cc(C(=O)O)sc1C. The number of benzene rings is 1. The van der Waals surface area contributed by atoms with Gasteiger partial charge in [-0.1, -0.05) is 18.2 Å². The molecule has 0 aliphatic carbocycles. The van der Waals surface area contributed by atoms with Gasteiger partial charge in [0.15, 0.2) is 0 Å². The fraction of sp³-hybridized carbons (Fsp3) is 0.214. The molecular weight excluding hydrogens is 310 g/mol. The van der Waals surface area contributed by atoms with E-state index < -0.39 is 16.0 Å². The van der Waals surface area contributed by atoms with Crippen LogP contribution in [0.3, 0.4) is 0 Å². The molecule has 0 aliphatic rings. The van der Waals surface area contributed by atoms with Gasteiger partial charge < -0.3 is 5.11 Å². The monoisotopic (exact) mass is 325 g/mol. The highest BCUT2D eigenvalue weighted by atomic mass is 32.2. The number of anilines is 1. The second kappa shape index (κ2) is 5.50. The summed E-state index contributed by atoms with van der Waals surface area (Å²) < 4.78 is 26.5. The molecular formula is C14H15NO4S2. The summed E-state index contributed by atoms with van der Waals surface area (Å²) >= 11 is 0.961. The number of aryl methyl sites for hydroxylation is 2. The van der Waals surface area contributed by atoms with Crippen molar-refractivity contribution in [1.29, 1.82) is 0 Å². The van der Waals surface area contributed by atoms with Gasteiger partial charge in [-0.3, -0.25) is 4.31 Å². The van der Waals surface area contributed by atoms with Gasteiger partial charge in [-0.25, -0.2) is 13.2 Å². The number of thiophene rings is 1. The number of hydrogen-bond donors (Lipinski definition) is 1. The third-order valence-corrected chi connectivity index (χ3v) is 6.24. The van der Waals surface area contributed by atoms with Crippen LogP contribution in [0.2, 0.25) is 0 Å². The third kappa shape index (κ3) is 2.79. The first kappa shape index (κ1) is 15.5. The quantitative estimate of drug-likeness (QED) is 0.938. The normalized spacial score (nSPS) is 11.4. The van der Waals surface area contributed by atoms with Crippen LogP contribution in [0.5, 0.6) is 0 Å². The molecule has 2 aromatic rings. The highest BCUT2D eigenvalue weighted by Gasteiger charge is 2.27. The molecule has 0 saturated carbocycles. The number of para-hydroxylation sites is 1. The first-order chi connectivity index (χ1) is 9.75. The second-order valence-corrected chi connectivity index (χ2v) is 7.79. The zero-order valence-electron chi connectivity index (χ0n) is 11.8. The van der Waals surface area contributed by atoms with E-state index >= 15 is 0 Å². The van der Waals surface area contributed by atoms with Crippen LogP contribution in [-0.2, 0) is 10.0 Å². The van der Waals surface area contributed by atoms with Crippen molar-refractivity contribution < 1.29 is 18.3 Å². The van der Waals surface area contributed by atoms with Crippen molar-refractivity contribution in [2.75, 3.05) is 11.4 Å². The van der Waals surface area contributed by atoms with Crippen molar-refractivity contribution in [1.82, 2.24) is 0 Å². The number of aromatic carboxylic acids is 1. The molecule has 7 heteroatoms. The fourth-order valence-corrected chi connectivity index (χ4v) is 4.68. The van der Waals surface area contributed by atoms with E-state index in [1.54, 1.807) is 19.1 Å². The van der Waals surface area contributed by atoms with E-state index in [0.717, 1.165) is 16.9 Å². The highest BCUT2D eigenvalue weighted by Crippen LogP contribution is 2.31. The average molecular weight is 325 g/mol. The summed E-state index contributed by atoms with van der Waals surface area (Å²) in [5.74, 6) is -1.12. The van der Waals surface area contributed by atoms with Crippen LogP contribution in [0.4, 0.5) is 5.69 Å². The number of carboxylic acids is 1. The second-order valence-electron chi connectivity index (χ2n) is 4.60. The van der Waals surface area contributed by atoms with Crippen LogP contribution >= 0.6 is 11.3 Å². The number of nitrogens with zero attached hydrogens (tertiary/aromatic N) is 1. The maximum Gasteiger partial charge on any atom is 0.345 e. The van der Waals surface area contributed by atoms with Crippen LogP contribution in [0.15, 0.2) is 35.2 Å². The van der Waals surface area contributed by atoms with Crippen molar-refractivity contribution >= 4 is 33.0 Å². The van der Waals surface area contributed by atoms with E-state index in [1.165, 1.54) is 17.4 Å². The molecule has 5 nitrogen and oxygen atoms in total. The number of hydrogen-bond acceptors (Lipinski definition) is 4. The molecule has 1 aromatic heterocycles. The van der Waals surface area contributed by atoms with Crippen molar-refractivity contribution in [3.63, 3.8) is 0 Å². The Morgan fingerprint density at radius 1 is 1.24 bits per heavy atom. The predicted octanol–water partition coefficient (Wildman–Crippen LogP) is 2.89. The molecule has 0 spiro atoms.